The fourth-order valence-corrected chi connectivity index (χ4v) is 3.13. The molecule has 0 bridgehead atoms. The average Bonchev–Trinajstić information content (AvgIpc) is 2.46. The van der Waals surface area contributed by atoms with Gasteiger partial charge in [-0.15, -0.1) is 0 Å². The molecule has 1 heterocycles. The fraction of sp³-hybridized carbons (Fsp3) is 0.214. The highest BCUT2D eigenvalue weighted by Gasteiger charge is 2.16. The lowest BCUT2D eigenvalue weighted by Gasteiger charge is -2.10. The second kappa shape index (κ2) is 6.43. The molecule has 0 saturated carbocycles. The van der Waals surface area contributed by atoms with Gasteiger partial charge in [-0.2, -0.15) is 0 Å². The van der Waals surface area contributed by atoms with Gasteiger partial charge >= 0.3 is 0 Å². The van der Waals surface area contributed by atoms with Crippen LogP contribution in [0.4, 0.5) is 0 Å². The van der Waals surface area contributed by atoms with Gasteiger partial charge < -0.3 is 4.74 Å². The number of aryl methyl sites for hydroxylation is 1. The summed E-state index contributed by atoms with van der Waals surface area (Å²) in [7, 11) is -2.16. The third-order valence-electron chi connectivity index (χ3n) is 3.02. The quantitative estimate of drug-likeness (QED) is 0.916. The van der Waals surface area contributed by atoms with E-state index in [1.54, 1.807) is 18.5 Å². The lowest BCUT2D eigenvalue weighted by molar-refractivity contribution is 0.414. The molecule has 0 atom stereocenters. The van der Waals surface area contributed by atoms with E-state index in [-0.39, 0.29) is 16.5 Å². The zero-order valence-electron chi connectivity index (χ0n) is 11.6. The van der Waals surface area contributed by atoms with Gasteiger partial charge in [0.05, 0.1) is 17.0 Å². The van der Waals surface area contributed by atoms with E-state index in [0.717, 1.165) is 11.1 Å². The fourth-order valence-electron chi connectivity index (χ4n) is 1.77. The number of nitrogens with one attached hydrogen (secondary N) is 1. The van der Waals surface area contributed by atoms with Crippen LogP contribution in [-0.4, -0.2) is 20.5 Å². The summed E-state index contributed by atoms with van der Waals surface area (Å²) in [6.45, 7) is 2.07. The molecule has 0 aliphatic carbocycles. The van der Waals surface area contributed by atoms with Crippen molar-refractivity contribution in [1.29, 1.82) is 0 Å². The minimum absolute atomic E-state index is 0.0972. The van der Waals surface area contributed by atoms with Gasteiger partial charge in [0, 0.05) is 18.9 Å². The van der Waals surface area contributed by atoms with E-state index >= 15 is 0 Å². The summed E-state index contributed by atoms with van der Waals surface area (Å²) in [5.74, 6) is 0.431. The summed E-state index contributed by atoms with van der Waals surface area (Å²) < 4.78 is 32.0. The number of pyridine rings is 1. The summed E-state index contributed by atoms with van der Waals surface area (Å²) in [6, 6.07) is 6.11. The number of halogens is 1. The molecule has 1 aromatic carbocycles. The Morgan fingerprint density at radius 3 is 2.71 bits per heavy atom. The maximum absolute atomic E-state index is 12.2. The second-order valence-electron chi connectivity index (χ2n) is 4.42. The van der Waals surface area contributed by atoms with Gasteiger partial charge in [0.2, 0.25) is 10.0 Å². The van der Waals surface area contributed by atoms with Gasteiger partial charge in [0.1, 0.15) is 5.75 Å². The molecule has 0 radical (unpaired) electrons. The zero-order valence-corrected chi connectivity index (χ0v) is 13.2. The molecule has 1 N–H and O–H groups in total. The number of rotatable bonds is 5. The van der Waals surface area contributed by atoms with Crippen molar-refractivity contribution in [3.05, 3.63) is 52.8 Å². The van der Waals surface area contributed by atoms with Crippen LogP contribution in [0.2, 0.25) is 5.02 Å². The van der Waals surface area contributed by atoms with E-state index in [2.05, 4.69) is 9.71 Å². The van der Waals surface area contributed by atoms with Crippen molar-refractivity contribution in [2.45, 2.75) is 18.4 Å². The lowest BCUT2D eigenvalue weighted by Crippen LogP contribution is -2.23. The highest BCUT2D eigenvalue weighted by atomic mass is 35.5. The topological polar surface area (TPSA) is 68.3 Å². The maximum Gasteiger partial charge on any atom is 0.240 e. The highest BCUT2D eigenvalue weighted by Crippen LogP contribution is 2.26. The first-order chi connectivity index (χ1) is 9.94. The Morgan fingerprint density at radius 1 is 1.33 bits per heavy atom. The summed E-state index contributed by atoms with van der Waals surface area (Å²) in [4.78, 5) is 4.07. The predicted octanol–water partition coefficient (Wildman–Crippen LogP) is 2.53. The number of benzene rings is 1. The Hall–Kier alpha value is -1.63. The van der Waals surface area contributed by atoms with E-state index in [9.17, 15) is 8.42 Å². The molecular weight excluding hydrogens is 312 g/mol. The van der Waals surface area contributed by atoms with Crippen LogP contribution in [0.25, 0.3) is 0 Å². The lowest BCUT2D eigenvalue weighted by atomic mass is 10.2. The van der Waals surface area contributed by atoms with E-state index < -0.39 is 10.0 Å². The monoisotopic (exact) mass is 326 g/mol. The Labute approximate surface area is 129 Å². The zero-order chi connectivity index (χ0) is 15.5. The van der Waals surface area contributed by atoms with Crippen LogP contribution >= 0.6 is 11.6 Å². The summed E-state index contributed by atoms with van der Waals surface area (Å²) in [5, 5.41) is 0.250. The molecule has 21 heavy (non-hydrogen) atoms. The molecule has 2 rings (SSSR count). The first kappa shape index (κ1) is 15.8. The molecule has 0 amide bonds. The molecule has 1 aromatic heterocycles. The number of hydrogen-bond acceptors (Lipinski definition) is 4. The summed E-state index contributed by atoms with van der Waals surface area (Å²) in [5.41, 5.74) is 1.79. The number of aromatic nitrogens is 1. The molecule has 0 aliphatic rings. The standard InChI is InChI=1S/C14H15ClN2O3S/c1-10-8-16-6-5-11(10)9-17-21(18,19)12-3-4-14(20-2)13(15)7-12/h3-8,17H,9H2,1-2H3. The number of ether oxygens (including phenoxy) is 1. The first-order valence-corrected chi connectivity index (χ1v) is 8.03. The molecule has 112 valence electrons. The third kappa shape index (κ3) is 3.72. The Kier molecular flexibility index (Phi) is 4.82. The van der Waals surface area contributed by atoms with Crippen LogP contribution in [0.5, 0.6) is 5.75 Å². The van der Waals surface area contributed by atoms with E-state index in [1.807, 2.05) is 6.92 Å². The van der Waals surface area contributed by atoms with Crippen molar-refractivity contribution >= 4 is 21.6 Å². The van der Waals surface area contributed by atoms with E-state index in [1.165, 1.54) is 25.3 Å². The smallest absolute Gasteiger partial charge is 0.240 e. The van der Waals surface area contributed by atoms with Gasteiger partial charge in [-0.1, -0.05) is 11.6 Å². The van der Waals surface area contributed by atoms with Gasteiger partial charge in [-0.3, -0.25) is 4.98 Å². The van der Waals surface area contributed by atoms with Crippen molar-refractivity contribution in [3.63, 3.8) is 0 Å². The average molecular weight is 327 g/mol. The van der Waals surface area contributed by atoms with Gasteiger partial charge in [0.25, 0.3) is 0 Å². The minimum Gasteiger partial charge on any atom is -0.495 e. The van der Waals surface area contributed by atoms with Crippen molar-refractivity contribution < 1.29 is 13.2 Å². The molecular formula is C14H15ClN2O3S. The first-order valence-electron chi connectivity index (χ1n) is 6.17. The molecule has 7 heteroatoms. The largest absolute Gasteiger partial charge is 0.495 e. The van der Waals surface area contributed by atoms with Gasteiger partial charge in [0.15, 0.2) is 0 Å². The van der Waals surface area contributed by atoms with Crippen LogP contribution in [-0.2, 0) is 16.6 Å². The predicted molar refractivity (Wildman–Crippen MR) is 81.0 cm³/mol. The van der Waals surface area contributed by atoms with Crippen LogP contribution in [0.15, 0.2) is 41.6 Å². The molecule has 2 aromatic rings. The summed E-state index contributed by atoms with van der Waals surface area (Å²) in [6.07, 6.45) is 3.31. The number of methoxy groups -OCH3 is 1. The van der Waals surface area contributed by atoms with Crippen molar-refractivity contribution in [2.75, 3.05) is 7.11 Å². The van der Waals surface area contributed by atoms with Crippen LogP contribution in [0, 0.1) is 6.92 Å². The SMILES string of the molecule is COc1ccc(S(=O)(=O)NCc2ccncc2C)cc1Cl. The number of sulfonamides is 1. The summed E-state index contributed by atoms with van der Waals surface area (Å²) >= 11 is 5.95. The molecule has 0 unspecified atom stereocenters. The highest BCUT2D eigenvalue weighted by molar-refractivity contribution is 7.89. The Bertz CT molecular complexity index is 748. The van der Waals surface area contributed by atoms with Crippen LogP contribution < -0.4 is 9.46 Å². The molecule has 5 nitrogen and oxygen atoms in total. The van der Waals surface area contributed by atoms with Crippen molar-refractivity contribution in [2.24, 2.45) is 0 Å². The van der Waals surface area contributed by atoms with Crippen molar-refractivity contribution in [1.82, 2.24) is 9.71 Å². The molecule has 0 aliphatic heterocycles. The Balaban J connectivity index is 2.19. The maximum atomic E-state index is 12.2. The van der Waals surface area contributed by atoms with Crippen molar-refractivity contribution in [3.8, 4) is 5.75 Å². The van der Waals surface area contributed by atoms with E-state index in [4.69, 9.17) is 16.3 Å². The Morgan fingerprint density at radius 2 is 2.10 bits per heavy atom. The molecule has 0 saturated heterocycles. The van der Waals surface area contributed by atoms with Crippen LogP contribution in [0.1, 0.15) is 11.1 Å². The normalized spacial score (nSPS) is 11.4. The van der Waals surface area contributed by atoms with Gasteiger partial charge in [-0.05, 0) is 42.3 Å². The number of nitrogens with zero attached hydrogens (tertiary/aromatic N) is 1. The van der Waals surface area contributed by atoms with Crippen LogP contribution in [0.3, 0.4) is 0 Å². The number of hydrogen-bond donors (Lipinski definition) is 1. The molecule has 0 fully saturated rings. The second-order valence-corrected chi connectivity index (χ2v) is 6.60. The third-order valence-corrected chi connectivity index (χ3v) is 4.72. The molecule has 0 spiro atoms. The van der Waals surface area contributed by atoms with E-state index in [0.29, 0.717) is 5.75 Å². The van der Waals surface area contributed by atoms with Gasteiger partial charge in [-0.25, -0.2) is 13.1 Å². The minimum atomic E-state index is -3.63.